The van der Waals surface area contributed by atoms with E-state index < -0.39 is 73.7 Å². The van der Waals surface area contributed by atoms with Crippen LogP contribution in [0.15, 0.2) is 132 Å². The van der Waals surface area contributed by atoms with Crippen molar-refractivity contribution in [2.75, 3.05) is 0 Å². The average Bonchev–Trinajstić information content (AvgIpc) is 3.67. The molecule has 0 aliphatic carbocycles. The molecule has 0 aliphatic heterocycles. The minimum absolute atomic E-state index is 0.113. The molecule has 0 aliphatic rings. The van der Waals surface area contributed by atoms with Crippen LogP contribution < -0.4 is 0 Å². The Balaban J connectivity index is 1.23. The number of benzene rings is 10. The largest absolute Gasteiger partial charge is 0.504 e. The summed E-state index contributed by atoms with van der Waals surface area (Å²) in [7, 11) is 0. The van der Waals surface area contributed by atoms with Crippen LogP contribution in [0.1, 0.15) is 0 Å². The number of rotatable bonds is 3. The molecule has 1 heterocycles. The first-order chi connectivity index (χ1) is 29.0. The molecule has 60 heavy (non-hydrogen) atoms. The molecule has 0 spiro atoms. The van der Waals surface area contributed by atoms with Gasteiger partial charge in [0, 0.05) is 10.9 Å². The molecule has 9 N–H and O–H groups in total. The molecular weight excluding hydrogens is 761 g/mol. The van der Waals surface area contributed by atoms with Crippen molar-refractivity contribution in [2.24, 2.45) is 0 Å². The summed E-state index contributed by atoms with van der Waals surface area (Å²) >= 11 is 0. The van der Waals surface area contributed by atoms with E-state index in [-0.39, 0.29) is 16.3 Å². The van der Waals surface area contributed by atoms with E-state index in [0.29, 0.717) is 5.56 Å². The first-order valence-electron chi connectivity index (χ1n) is 18.9. The van der Waals surface area contributed by atoms with Gasteiger partial charge in [0.2, 0.25) is 23.0 Å². The number of phenolic OH excluding ortho intramolecular Hbond substituents is 9. The normalized spacial score (nSPS) is 11.9. The summed E-state index contributed by atoms with van der Waals surface area (Å²) < 4.78 is 5.95. The Bertz CT molecular complexity index is 3660. The van der Waals surface area contributed by atoms with Crippen molar-refractivity contribution in [2.45, 2.75) is 0 Å². The van der Waals surface area contributed by atoms with Gasteiger partial charge in [-0.2, -0.15) is 0 Å². The molecule has 290 valence electrons. The average molecular weight is 791 g/mol. The lowest BCUT2D eigenvalue weighted by atomic mass is 9.84. The Morgan fingerprint density at radius 2 is 0.767 bits per heavy atom. The van der Waals surface area contributed by atoms with Crippen LogP contribution in [0.5, 0.6) is 51.7 Å². The van der Waals surface area contributed by atoms with Crippen LogP contribution >= 0.6 is 0 Å². The second-order valence-electron chi connectivity index (χ2n) is 14.9. The third-order valence-corrected chi connectivity index (χ3v) is 11.8. The molecule has 0 radical (unpaired) electrons. The van der Waals surface area contributed by atoms with Gasteiger partial charge in [-0.1, -0.05) is 115 Å². The third-order valence-electron chi connectivity index (χ3n) is 11.8. The van der Waals surface area contributed by atoms with Crippen LogP contribution in [-0.2, 0) is 0 Å². The van der Waals surface area contributed by atoms with Gasteiger partial charge in [0.15, 0.2) is 39.9 Å². The summed E-state index contributed by atoms with van der Waals surface area (Å²) in [6.07, 6.45) is 0. The van der Waals surface area contributed by atoms with Crippen LogP contribution in [-0.4, -0.2) is 46.0 Å². The Morgan fingerprint density at radius 1 is 0.283 bits per heavy atom. The van der Waals surface area contributed by atoms with E-state index in [1.54, 1.807) is 12.1 Å². The van der Waals surface area contributed by atoms with E-state index in [1.165, 1.54) is 0 Å². The summed E-state index contributed by atoms with van der Waals surface area (Å²) in [6.45, 7) is 0. The van der Waals surface area contributed by atoms with Crippen molar-refractivity contribution in [3.05, 3.63) is 127 Å². The zero-order valence-electron chi connectivity index (χ0n) is 31.1. The number of hydrogen-bond donors (Lipinski definition) is 9. The summed E-state index contributed by atoms with van der Waals surface area (Å²) in [5.74, 6) is -8.97. The van der Waals surface area contributed by atoms with Gasteiger partial charge in [0.25, 0.3) is 0 Å². The quantitative estimate of drug-likeness (QED) is 0.0472. The van der Waals surface area contributed by atoms with Crippen molar-refractivity contribution in [1.29, 1.82) is 0 Å². The van der Waals surface area contributed by atoms with Crippen molar-refractivity contribution in [3.63, 3.8) is 0 Å². The van der Waals surface area contributed by atoms with Gasteiger partial charge in [-0.3, -0.25) is 0 Å². The van der Waals surface area contributed by atoms with Crippen LogP contribution in [0.2, 0.25) is 0 Å². The summed E-state index contributed by atoms with van der Waals surface area (Å²) in [5, 5.41) is 105. The summed E-state index contributed by atoms with van der Waals surface area (Å²) in [5.41, 5.74) is 3.25. The number of fused-ring (bicyclic) bond motifs is 9. The zero-order chi connectivity index (χ0) is 41.3. The van der Waals surface area contributed by atoms with Gasteiger partial charge >= 0.3 is 0 Å². The van der Waals surface area contributed by atoms with E-state index in [2.05, 4.69) is 54.6 Å². The highest BCUT2D eigenvalue weighted by atomic mass is 16.4. The Hall–Kier alpha value is -8.50. The van der Waals surface area contributed by atoms with Gasteiger partial charge < -0.3 is 50.4 Å². The third kappa shape index (κ3) is 4.52. The first kappa shape index (κ1) is 34.7. The van der Waals surface area contributed by atoms with Gasteiger partial charge in [0.1, 0.15) is 0 Å². The summed E-state index contributed by atoms with van der Waals surface area (Å²) in [4.78, 5) is 0. The number of aromatic hydroxyl groups is 9. The highest BCUT2D eigenvalue weighted by molar-refractivity contribution is 6.28. The van der Waals surface area contributed by atoms with Crippen molar-refractivity contribution < 1.29 is 50.4 Å². The fraction of sp³-hybridized carbons (Fsp3) is 0. The smallest absolute Gasteiger partial charge is 0.205 e. The highest BCUT2D eigenvalue weighted by Crippen LogP contribution is 2.61. The molecule has 0 fully saturated rings. The lowest BCUT2D eigenvalue weighted by molar-refractivity contribution is 0.349. The molecule has 11 aromatic rings. The minimum Gasteiger partial charge on any atom is -0.504 e. The number of hydrogen-bond acceptors (Lipinski definition) is 10. The minimum atomic E-state index is -1.17. The fourth-order valence-electron chi connectivity index (χ4n) is 9.08. The molecule has 1 aromatic heterocycles. The monoisotopic (exact) mass is 790 g/mol. The van der Waals surface area contributed by atoms with E-state index in [9.17, 15) is 46.0 Å². The molecule has 0 saturated carbocycles. The van der Waals surface area contributed by atoms with Crippen LogP contribution in [0.25, 0.3) is 109 Å². The maximum atomic E-state index is 11.6. The lowest BCUT2D eigenvalue weighted by Crippen LogP contribution is -1.92. The molecule has 11 rings (SSSR count). The zero-order valence-corrected chi connectivity index (χ0v) is 31.1. The van der Waals surface area contributed by atoms with E-state index >= 15 is 0 Å². The van der Waals surface area contributed by atoms with Crippen LogP contribution in [0.4, 0.5) is 0 Å². The number of phenols is 9. The van der Waals surface area contributed by atoms with Gasteiger partial charge in [-0.15, -0.1) is 0 Å². The van der Waals surface area contributed by atoms with Crippen molar-refractivity contribution in [3.8, 4) is 85.1 Å². The fourth-order valence-corrected chi connectivity index (χ4v) is 9.08. The van der Waals surface area contributed by atoms with Crippen molar-refractivity contribution in [1.82, 2.24) is 0 Å². The molecule has 0 unspecified atom stereocenters. The predicted molar refractivity (Wildman–Crippen MR) is 233 cm³/mol. The summed E-state index contributed by atoms with van der Waals surface area (Å²) in [6, 6.07) is 42.5. The maximum absolute atomic E-state index is 11.6. The van der Waals surface area contributed by atoms with Crippen molar-refractivity contribution >= 4 is 75.8 Å². The predicted octanol–water partition coefficient (Wildman–Crippen LogP) is 11.7. The molecule has 0 atom stereocenters. The second-order valence-corrected chi connectivity index (χ2v) is 14.9. The topological polar surface area (TPSA) is 195 Å². The van der Waals surface area contributed by atoms with Gasteiger partial charge in [0.05, 0.1) is 16.2 Å². The Kier molecular flexibility index (Phi) is 7.09. The molecule has 10 aromatic carbocycles. The first-order valence-corrected chi connectivity index (χ1v) is 18.9. The molecule has 0 amide bonds. The Labute approximate surface area is 337 Å². The SMILES string of the molecule is Oc1c(O)c(-c2ccc3cccc(-c4c5ccccc5c(-c5ccc6ccccc6c5)c5ccccc45)c3c2)c2c(oc3c4c(O)c(O)c(O)c(O)c4c(O)c(O)c32)c1O. The number of furan rings is 1. The maximum Gasteiger partial charge on any atom is 0.205 e. The molecule has 10 heteroatoms. The van der Waals surface area contributed by atoms with Gasteiger partial charge in [-0.25, -0.2) is 0 Å². The molecule has 0 bridgehead atoms. The molecular formula is C50H30O10. The second kappa shape index (κ2) is 12.3. The lowest BCUT2D eigenvalue weighted by Gasteiger charge is -2.19. The van der Waals surface area contributed by atoms with E-state index in [0.717, 1.165) is 65.3 Å². The van der Waals surface area contributed by atoms with Crippen LogP contribution in [0, 0.1) is 0 Å². The molecule has 0 saturated heterocycles. The highest BCUT2D eigenvalue weighted by Gasteiger charge is 2.33. The standard InChI is InChI=1S/C50H30O10/c51-40-34(36-38-43(54)41(52)37-39(44(55)46(57)45(56)42(37)53)49(38)60-50(36)48(59)47(40)58)26-19-17-23-10-7-15-31(32(23)21-26)35-29-13-5-3-11-27(29)33(28-12-4-6-14-30(28)35)25-18-16-22-8-1-2-9-24(22)20-25/h1-21,51-59H. The van der Waals surface area contributed by atoms with E-state index in [1.807, 2.05) is 60.7 Å². The van der Waals surface area contributed by atoms with Crippen LogP contribution in [0.3, 0.4) is 0 Å². The Morgan fingerprint density at radius 3 is 1.43 bits per heavy atom. The molecule has 10 nitrogen and oxygen atoms in total. The van der Waals surface area contributed by atoms with Gasteiger partial charge in [-0.05, 0) is 83.0 Å². The van der Waals surface area contributed by atoms with E-state index in [4.69, 9.17) is 4.42 Å².